The van der Waals surface area contributed by atoms with Crippen molar-refractivity contribution in [2.75, 3.05) is 7.11 Å². The van der Waals surface area contributed by atoms with Crippen LogP contribution in [-0.4, -0.2) is 29.3 Å². The highest BCUT2D eigenvalue weighted by molar-refractivity contribution is 5.84. The fourth-order valence-electron chi connectivity index (χ4n) is 1.91. The van der Waals surface area contributed by atoms with E-state index >= 15 is 0 Å². The minimum absolute atomic E-state index is 0.136. The predicted octanol–water partition coefficient (Wildman–Crippen LogP) is 2.00. The van der Waals surface area contributed by atoms with Crippen molar-refractivity contribution in [1.82, 2.24) is 5.43 Å². The Balaban J connectivity index is 1.94. The Hall–Kier alpha value is -3.42. The number of carbonyl (C=O) groups is 1. The molecule has 0 bridgehead atoms. The molecule has 8 nitrogen and oxygen atoms in total. The number of nitro groups is 1. The summed E-state index contributed by atoms with van der Waals surface area (Å²) in [4.78, 5) is 21.8. The number of hydrogen-bond acceptors (Lipinski definition) is 6. The van der Waals surface area contributed by atoms with Gasteiger partial charge in [-0.1, -0.05) is 12.1 Å². The van der Waals surface area contributed by atoms with Gasteiger partial charge in [-0.2, -0.15) is 5.10 Å². The van der Waals surface area contributed by atoms with Gasteiger partial charge in [0.2, 0.25) is 5.91 Å². The van der Waals surface area contributed by atoms with Gasteiger partial charge < -0.3 is 9.84 Å². The largest absolute Gasteiger partial charge is 0.502 e. The van der Waals surface area contributed by atoms with Crippen LogP contribution in [0.4, 0.5) is 5.69 Å². The van der Waals surface area contributed by atoms with Crippen LogP contribution in [0.15, 0.2) is 47.6 Å². The number of methoxy groups -OCH3 is 1. The fraction of sp³-hybridized carbons (Fsp3) is 0.125. The van der Waals surface area contributed by atoms with Crippen molar-refractivity contribution in [1.29, 1.82) is 0 Å². The molecule has 124 valence electrons. The molecule has 2 rings (SSSR count). The molecule has 0 saturated carbocycles. The lowest BCUT2D eigenvalue weighted by atomic mass is 10.1. The Morgan fingerprint density at radius 3 is 2.67 bits per heavy atom. The van der Waals surface area contributed by atoms with Crippen molar-refractivity contribution in [2.45, 2.75) is 6.42 Å². The zero-order chi connectivity index (χ0) is 17.5. The predicted molar refractivity (Wildman–Crippen MR) is 87.2 cm³/mol. The average molecular weight is 329 g/mol. The zero-order valence-electron chi connectivity index (χ0n) is 12.8. The second kappa shape index (κ2) is 7.73. The summed E-state index contributed by atoms with van der Waals surface area (Å²) >= 11 is 0. The van der Waals surface area contributed by atoms with Crippen molar-refractivity contribution >= 4 is 17.8 Å². The average Bonchev–Trinajstić information content (AvgIpc) is 2.57. The molecule has 0 radical (unpaired) electrons. The summed E-state index contributed by atoms with van der Waals surface area (Å²) in [6.45, 7) is 0. The smallest absolute Gasteiger partial charge is 0.311 e. The molecule has 0 spiro atoms. The SMILES string of the molecule is COc1ccc(CC(=O)NN=Cc2ccc(O)c([N+](=O)[O-])c2)cc1. The summed E-state index contributed by atoms with van der Waals surface area (Å²) in [5.74, 6) is -0.0588. The lowest BCUT2D eigenvalue weighted by Gasteiger charge is -2.03. The van der Waals surface area contributed by atoms with E-state index in [2.05, 4.69) is 10.5 Å². The number of hydrogen-bond donors (Lipinski definition) is 2. The monoisotopic (exact) mass is 329 g/mol. The Morgan fingerprint density at radius 1 is 1.33 bits per heavy atom. The van der Waals surface area contributed by atoms with Gasteiger partial charge in [-0.3, -0.25) is 14.9 Å². The number of amides is 1. The van der Waals surface area contributed by atoms with Crippen molar-refractivity contribution < 1.29 is 19.6 Å². The first-order valence-corrected chi connectivity index (χ1v) is 6.92. The molecule has 0 fully saturated rings. The number of rotatable bonds is 6. The summed E-state index contributed by atoms with van der Waals surface area (Å²) in [5, 5.41) is 23.8. The van der Waals surface area contributed by atoms with Crippen molar-refractivity contribution in [3.63, 3.8) is 0 Å². The normalized spacial score (nSPS) is 10.5. The molecule has 1 amide bonds. The lowest BCUT2D eigenvalue weighted by molar-refractivity contribution is -0.385. The van der Waals surface area contributed by atoms with Gasteiger partial charge in [-0.25, -0.2) is 5.43 Å². The molecule has 0 unspecified atom stereocenters. The van der Waals surface area contributed by atoms with Crippen LogP contribution in [0.1, 0.15) is 11.1 Å². The minimum atomic E-state index is -0.699. The van der Waals surface area contributed by atoms with Gasteiger partial charge >= 0.3 is 5.69 Å². The van der Waals surface area contributed by atoms with E-state index in [0.29, 0.717) is 11.3 Å². The lowest BCUT2D eigenvalue weighted by Crippen LogP contribution is -2.19. The van der Waals surface area contributed by atoms with Crippen LogP contribution in [0, 0.1) is 10.1 Å². The van der Waals surface area contributed by atoms with E-state index < -0.39 is 16.4 Å². The van der Waals surface area contributed by atoms with E-state index in [4.69, 9.17) is 4.74 Å². The third kappa shape index (κ3) is 4.54. The third-order valence-corrected chi connectivity index (χ3v) is 3.12. The number of nitrogens with zero attached hydrogens (tertiary/aromatic N) is 2. The number of nitro benzene ring substituents is 1. The molecule has 2 N–H and O–H groups in total. The highest BCUT2D eigenvalue weighted by Gasteiger charge is 2.12. The molecular weight excluding hydrogens is 314 g/mol. The van der Waals surface area contributed by atoms with Crippen molar-refractivity contribution in [3.05, 3.63) is 63.7 Å². The molecule has 0 aliphatic rings. The molecular formula is C16H15N3O5. The highest BCUT2D eigenvalue weighted by atomic mass is 16.6. The van der Waals surface area contributed by atoms with E-state index in [9.17, 15) is 20.0 Å². The van der Waals surface area contributed by atoms with Crippen LogP contribution in [0.25, 0.3) is 0 Å². The van der Waals surface area contributed by atoms with Gasteiger partial charge in [-0.15, -0.1) is 0 Å². The maximum atomic E-state index is 11.8. The third-order valence-electron chi connectivity index (χ3n) is 3.12. The van der Waals surface area contributed by atoms with Gasteiger partial charge in [0.1, 0.15) is 5.75 Å². The van der Waals surface area contributed by atoms with Crippen LogP contribution >= 0.6 is 0 Å². The Labute approximate surface area is 137 Å². The van der Waals surface area contributed by atoms with Crippen LogP contribution in [-0.2, 0) is 11.2 Å². The van der Waals surface area contributed by atoms with Crippen LogP contribution < -0.4 is 10.2 Å². The summed E-state index contributed by atoms with van der Waals surface area (Å²) in [6.07, 6.45) is 1.40. The van der Waals surface area contributed by atoms with Crippen molar-refractivity contribution in [2.24, 2.45) is 5.10 Å². The summed E-state index contributed by atoms with van der Waals surface area (Å²) in [7, 11) is 1.56. The van der Waals surface area contributed by atoms with Gasteiger partial charge in [0.15, 0.2) is 5.75 Å². The maximum absolute atomic E-state index is 11.8. The topological polar surface area (TPSA) is 114 Å². The number of aromatic hydroxyl groups is 1. The Morgan fingerprint density at radius 2 is 2.04 bits per heavy atom. The van der Waals surface area contributed by atoms with Gasteiger partial charge in [0, 0.05) is 11.6 Å². The Kier molecular flexibility index (Phi) is 5.45. The second-order valence-corrected chi connectivity index (χ2v) is 4.82. The standard InChI is InChI=1S/C16H15N3O5/c1-24-13-5-2-11(3-6-13)9-16(21)18-17-10-12-4-7-15(20)14(8-12)19(22)23/h2-8,10,20H,9H2,1H3,(H,18,21). The van der Waals surface area contributed by atoms with Crippen LogP contribution in [0.5, 0.6) is 11.5 Å². The molecule has 0 saturated heterocycles. The van der Waals surface area contributed by atoms with Gasteiger partial charge in [0.25, 0.3) is 0 Å². The molecule has 0 heterocycles. The molecule has 0 atom stereocenters. The van der Waals surface area contributed by atoms with Gasteiger partial charge in [0.05, 0.1) is 24.7 Å². The molecule has 2 aromatic rings. The second-order valence-electron chi connectivity index (χ2n) is 4.82. The molecule has 8 heteroatoms. The van der Waals surface area contributed by atoms with E-state index in [1.54, 1.807) is 31.4 Å². The van der Waals surface area contributed by atoms with E-state index in [1.165, 1.54) is 18.3 Å². The van der Waals surface area contributed by atoms with Crippen LogP contribution in [0.3, 0.4) is 0 Å². The van der Waals surface area contributed by atoms with Gasteiger partial charge in [-0.05, 0) is 29.8 Å². The molecule has 2 aromatic carbocycles. The summed E-state index contributed by atoms with van der Waals surface area (Å²) < 4.78 is 5.03. The molecule has 24 heavy (non-hydrogen) atoms. The number of hydrazone groups is 1. The molecule has 0 aliphatic carbocycles. The Bertz CT molecular complexity index is 772. The quantitative estimate of drug-likeness (QED) is 0.478. The van der Waals surface area contributed by atoms with E-state index in [-0.39, 0.29) is 12.3 Å². The maximum Gasteiger partial charge on any atom is 0.311 e. The fourth-order valence-corrected chi connectivity index (χ4v) is 1.91. The number of carbonyl (C=O) groups excluding carboxylic acids is 1. The highest BCUT2D eigenvalue weighted by Crippen LogP contribution is 2.25. The number of benzene rings is 2. The van der Waals surface area contributed by atoms with E-state index in [0.717, 1.165) is 11.6 Å². The molecule has 0 aliphatic heterocycles. The van der Waals surface area contributed by atoms with Crippen molar-refractivity contribution in [3.8, 4) is 11.5 Å². The number of phenolic OH excluding ortho intramolecular Hbond substituents is 1. The number of ether oxygens (including phenoxy) is 1. The van der Waals surface area contributed by atoms with Crippen LogP contribution in [0.2, 0.25) is 0 Å². The van der Waals surface area contributed by atoms with E-state index in [1.807, 2.05) is 0 Å². The first kappa shape index (κ1) is 16.9. The summed E-state index contributed by atoms with van der Waals surface area (Å²) in [6, 6.07) is 10.8. The molecule has 0 aromatic heterocycles. The summed E-state index contributed by atoms with van der Waals surface area (Å²) in [5.41, 5.74) is 3.09. The number of phenols is 1. The first-order chi connectivity index (χ1) is 11.5. The zero-order valence-corrected chi connectivity index (χ0v) is 12.8. The number of nitrogens with one attached hydrogen (secondary N) is 1. The first-order valence-electron chi connectivity index (χ1n) is 6.92. The minimum Gasteiger partial charge on any atom is -0.502 e.